The topological polar surface area (TPSA) is 71.1 Å². The van der Waals surface area contributed by atoms with Gasteiger partial charge < -0.3 is 0 Å². The predicted molar refractivity (Wildman–Crippen MR) is 102 cm³/mol. The van der Waals surface area contributed by atoms with Crippen LogP contribution in [0.3, 0.4) is 0 Å². The predicted octanol–water partition coefficient (Wildman–Crippen LogP) is 3.55. The molecule has 3 aromatic rings. The molecule has 0 saturated heterocycles. The number of pyridine rings is 1. The molecule has 0 spiro atoms. The maximum Gasteiger partial charge on any atom is 0.269 e. The summed E-state index contributed by atoms with van der Waals surface area (Å²) in [5.41, 5.74) is 6.16. The van der Waals surface area contributed by atoms with Gasteiger partial charge >= 0.3 is 0 Å². The lowest BCUT2D eigenvalue weighted by Gasteiger charge is -2.08. The first kappa shape index (κ1) is 17.4. The van der Waals surface area contributed by atoms with Gasteiger partial charge in [0.15, 0.2) is 0 Å². The van der Waals surface area contributed by atoms with Crippen molar-refractivity contribution in [2.45, 2.75) is 4.90 Å². The highest BCUT2D eigenvalue weighted by Gasteiger charge is 2.09. The molecule has 2 amide bonds. The first-order valence-electron chi connectivity index (χ1n) is 7.45. The zero-order valence-corrected chi connectivity index (χ0v) is 15.4. The van der Waals surface area contributed by atoms with E-state index in [4.69, 9.17) is 0 Å². The van der Waals surface area contributed by atoms with Crippen molar-refractivity contribution in [3.8, 4) is 0 Å². The Bertz CT molecular complexity index is 910. The normalized spacial score (nSPS) is 10.4. The Hall–Kier alpha value is -2.38. The van der Waals surface area contributed by atoms with Crippen LogP contribution in [0.1, 0.15) is 10.4 Å². The summed E-state index contributed by atoms with van der Waals surface area (Å²) < 4.78 is 0.883. The third-order valence-corrected chi connectivity index (χ3v) is 4.95. The second-order valence-electron chi connectivity index (χ2n) is 5.13. The van der Waals surface area contributed by atoms with Crippen molar-refractivity contribution in [3.05, 3.63) is 70.8 Å². The number of benzene rings is 2. The smallest absolute Gasteiger partial charge is 0.269 e. The van der Waals surface area contributed by atoms with Crippen molar-refractivity contribution in [1.29, 1.82) is 0 Å². The van der Waals surface area contributed by atoms with Crippen LogP contribution in [-0.4, -0.2) is 22.6 Å². The number of halogens is 1. The molecule has 2 N–H and O–H groups in total. The number of hydrazine groups is 1. The first-order valence-corrected chi connectivity index (χ1v) is 9.22. The van der Waals surface area contributed by atoms with Crippen molar-refractivity contribution in [2.75, 3.05) is 5.75 Å². The number of amides is 2. The number of nitrogens with one attached hydrogen (secondary N) is 2. The molecule has 2 aromatic carbocycles. The molecule has 0 bridgehead atoms. The summed E-state index contributed by atoms with van der Waals surface area (Å²) >= 11 is 4.68. The highest BCUT2D eigenvalue weighted by molar-refractivity contribution is 9.10. The van der Waals surface area contributed by atoms with Crippen LogP contribution in [0.2, 0.25) is 0 Å². The molecule has 126 valence electrons. The van der Waals surface area contributed by atoms with E-state index in [1.54, 1.807) is 30.5 Å². The number of fused-ring (bicyclic) bond motifs is 1. The van der Waals surface area contributed by atoms with Gasteiger partial charge in [-0.05, 0) is 36.4 Å². The van der Waals surface area contributed by atoms with Gasteiger partial charge in [0.25, 0.3) is 5.91 Å². The fraction of sp³-hybridized carbons (Fsp3) is 0.0556. The van der Waals surface area contributed by atoms with Crippen LogP contribution in [0, 0.1) is 0 Å². The lowest BCUT2D eigenvalue weighted by atomic mass is 10.2. The maximum absolute atomic E-state index is 12.0. The molecule has 5 nitrogen and oxygen atoms in total. The number of thioether (sulfide) groups is 1. The van der Waals surface area contributed by atoms with E-state index in [9.17, 15) is 9.59 Å². The van der Waals surface area contributed by atoms with Crippen molar-refractivity contribution in [1.82, 2.24) is 15.8 Å². The molecule has 1 aromatic heterocycles. The number of para-hydroxylation sites is 1. The minimum absolute atomic E-state index is 0.177. The van der Waals surface area contributed by atoms with E-state index in [0.717, 1.165) is 20.3 Å². The Morgan fingerprint density at radius 3 is 2.56 bits per heavy atom. The van der Waals surface area contributed by atoms with E-state index >= 15 is 0 Å². The first-order chi connectivity index (χ1) is 12.1. The van der Waals surface area contributed by atoms with Crippen LogP contribution >= 0.6 is 27.7 Å². The van der Waals surface area contributed by atoms with Gasteiger partial charge in [-0.15, -0.1) is 11.8 Å². The van der Waals surface area contributed by atoms with Gasteiger partial charge in [-0.25, -0.2) is 0 Å². The number of hydrogen-bond acceptors (Lipinski definition) is 4. The molecule has 0 aliphatic heterocycles. The van der Waals surface area contributed by atoms with Gasteiger partial charge in [0, 0.05) is 26.5 Å². The Labute approximate surface area is 157 Å². The van der Waals surface area contributed by atoms with Gasteiger partial charge in [-0.1, -0.05) is 34.1 Å². The summed E-state index contributed by atoms with van der Waals surface area (Å²) in [5, 5.41) is 1.02. The largest absolute Gasteiger partial charge is 0.272 e. The van der Waals surface area contributed by atoms with Crippen LogP contribution in [-0.2, 0) is 4.79 Å². The standard InChI is InChI=1S/C18H14BrN3O2S/c19-14-8-6-13(7-9-14)18(24)22-21-16(23)11-25-15-5-1-3-12-4-2-10-20-17(12)15/h1-10H,11H2,(H,21,23)(H,22,24). The fourth-order valence-corrected chi connectivity index (χ4v) is 3.28. The number of nitrogens with zero attached hydrogens (tertiary/aromatic N) is 1. The highest BCUT2D eigenvalue weighted by atomic mass is 79.9. The van der Waals surface area contributed by atoms with Gasteiger partial charge in [0.2, 0.25) is 5.91 Å². The molecule has 0 aliphatic rings. The second-order valence-corrected chi connectivity index (χ2v) is 7.06. The number of rotatable bonds is 4. The minimum Gasteiger partial charge on any atom is -0.272 e. The third-order valence-electron chi connectivity index (χ3n) is 3.38. The van der Waals surface area contributed by atoms with E-state index in [1.165, 1.54) is 11.8 Å². The number of carbonyl (C=O) groups is 2. The van der Waals surface area contributed by atoms with Crippen molar-refractivity contribution in [3.63, 3.8) is 0 Å². The van der Waals surface area contributed by atoms with Crippen LogP contribution in [0.5, 0.6) is 0 Å². The minimum atomic E-state index is -0.363. The summed E-state index contributed by atoms with van der Waals surface area (Å²) in [6.45, 7) is 0. The van der Waals surface area contributed by atoms with Crippen molar-refractivity contribution >= 4 is 50.4 Å². The Morgan fingerprint density at radius 1 is 1.00 bits per heavy atom. The lowest BCUT2D eigenvalue weighted by molar-refractivity contribution is -0.119. The van der Waals surface area contributed by atoms with Crippen LogP contribution < -0.4 is 10.9 Å². The lowest BCUT2D eigenvalue weighted by Crippen LogP contribution is -2.42. The molecule has 0 aliphatic carbocycles. The van der Waals surface area contributed by atoms with Crippen molar-refractivity contribution in [2.24, 2.45) is 0 Å². The molecule has 0 atom stereocenters. The van der Waals surface area contributed by atoms with Gasteiger partial charge in [-0.2, -0.15) is 0 Å². The molecule has 1 heterocycles. The van der Waals surface area contributed by atoms with Gasteiger partial charge in [0.1, 0.15) is 0 Å². The van der Waals surface area contributed by atoms with Gasteiger partial charge in [0.05, 0.1) is 11.3 Å². The summed E-state index contributed by atoms with van der Waals surface area (Å²) in [6, 6.07) is 16.6. The van der Waals surface area contributed by atoms with E-state index < -0.39 is 0 Å². The van der Waals surface area contributed by atoms with Crippen LogP contribution in [0.25, 0.3) is 10.9 Å². The molecule has 0 fully saturated rings. The molecule has 0 saturated carbocycles. The Balaban J connectivity index is 1.54. The molecule has 7 heteroatoms. The van der Waals surface area contributed by atoms with E-state index in [2.05, 4.69) is 31.8 Å². The molecule has 25 heavy (non-hydrogen) atoms. The average Bonchev–Trinajstić information content (AvgIpc) is 2.65. The number of hydrogen-bond donors (Lipinski definition) is 2. The van der Waals surface area contributed by atoms with E-state index in [1.807, 2.05) is 30.3 Å². The van der Waals surface area contributed by atoms with Crippen LogP contribution in [0.4, 0.5) is 0 Å². The van der Waals surface area contributed by atoms with Crippen LogP contribution in [0.15, 0.2) is 70.2 Å². The molecule has 0 radical (unpaired) electrons. The monoisotopic (exact) mass is 415 g/mol. The quantitative estimate of drug-likeness (QED) is 0.504. The summed E-state index contributed by atoms with van der Waals surface area (Å²) in [4.78, 5) is 29.2. The average molecular weight is 416 g/mol. The van der Waals surface area contributed by atoms with E-state index in [-0.39, 0.29) is 17.6 Å². The van der Waals surface area contributed by atoms with Gasteiger partial charge in [-0.3, -0.25) is 25.4 Å². The zero-order chi connectivity index (χ0) is 17.6. The second kappa shape index (κ2) is 8.13. The summed E-state index contributed by atoms with van der Waals surface area (Å²) in [7, 11) is 0. The number of aromatic nitrogens is 1. The Morgan fingerprint density at radius 2 is 1.76 bits per heavy atom. The van der Waals surface area contributed by atoms with E-state index in [0.29, 0.717) is 5.56 Å². The molecule has 0 unspecified atom stereocenters. The fourth-order valence-electron chi connectivity index (χ4n) is 2.17. The molecular formula is C18H14BrN3O2S. The molecule has 3 rings (SSSR count). The zero-order valence-electron chi connectivity index (χ0n) is 13.0. The summed E-state index contributed by atoms with van der Waals surface area (Å²) in [6.07, 6.45) is 1.73. The maximum atomic E-state index is 12.0. The summed E-state index contributed by atoms with van der Waals surface area (Å²) in [5.74, 6) is -0.475. The molecular weight excluding hydrogens is 402 g/mol. The van der Waals surface area contributed by atoms with Crippen molar-refractivity contribution < 1.29 is 9.59 Å². The Kier molecular flexibility index (Phi) is 5.67. The SMILES string of the molecule is O=C(CSc1cccc2cccnc12)NNC(=O)c1ccc(Br)cc1. The highest BCUT2D eigenvalue weighted by Crippen LogP contribution is 2.25. The third kappa shape index (κ3) is 4.58. The number of carbonyl (C=O) groups excluding carboxylic acids is 2.